The first-order valence-electron chi connectivity index (χ1n) is 25.5. The van der Waals surface area contributed by atoms with Crippen molar-refractivity contribution in [1.29, 1.82) is 0 Å². The number of hydrogen-bond donors (Lipinski definition) is 3. The number of fused-ring (bicyclic) bond motifs is 4. The lowest BCUT2D eigenvalue weighted by Crippen LogP contribution is -2.54. The van der Waals surface area contributed by atoms with Crippen LogP contribution in [0.4, 0.5) is 0 Å². The van der Waals surface area contributed by atoms with Gasteiger partial charge in [-0.1, -0.05) is 53.4 Å². The molecule has 2 saturated carbocycles. The molecule has 0 unspecified atom stereocenters. The number of nitrogens with one attached hydrogen (secondary N) is 3. The number of amides is 5. The predicted octanol–water partition coefficient (Wildman–Crippen LogP) is 6.64. The Bertz CT molecular complexity index is 3090. The Balaban J connectivity index is 0.789. The van der Waals surface area contributed by atoms with Crippen LogP contribution in [0.2, 0.25) is 10.0 Å². The van der Waals surface area contributed by atoms with Crippen molar-refractivity contribution in [2.75, 3.05) is 39.8 Å². The van der Waals surface area contributed by atoms with Crippen molar-refractivity contribution >= 4 is 69.8 Å². The third kappa shape index (κ3) is 9.70. The molecule has 3 fully saturated rings. The minimum Gasteiger partial charge on any atom is -0.487 e. The van der Waals surface area contributed by atoms with Gasteiger partial charge in [0.05, 0.1) is 48.3 Å². The highest BCUT2D eigenvalue weighted by Crippen LogP contribution is 2.54. The number of rotatable bonds is 15. The zero-order chi connectivity index (χ0) is 52.2. The highest BCUT2D eigenvalue weighted by Gasteiger charge is 2.54. The third-order valence-electron chi connectivity index (χ3n) is 16.1. The molecular formula is C53H62Cl2N12O6S. The van der Waals surface area contributed by atoms with E-state index in [1.54, 1.807) is 23.1 Å². The number of thiophene rings is 1. The summed E-state index contributed by atoms with van der Waals surface area (Å²) in [5.41, 5.74) is 5.75. The summed E-state index contributed by atoms with van der Waals surface area (Å²) in [7, 11) is 1.62. The van der Waals surface area contributed by atoms with Gasteiger partial charge >= 0.3 is 0 Å². The largest absolute Gasteiger partial charge is 0.487 e. The molecule has 2 aliphatic carbocycles. The summed E-state index contributed by atoms with van der Waals surface area (Å²) in [5, 5.41) is 28.2. The van der Waals surface area contributed by atoms with E-state index in [1.165, 1.54) is 0 Å². The van der Waals surface area contributed by atoms with E-state index in [2.05, 4.69) is 50.3 Å². The number of carbonyl (C=O) groups is 5. The van der Waals surface area contributed by atoms with Crippen molar-refractivity contribution in [3.63, 3.8) is 0 Å². The first-order valence-corrected chi connectivity index (χ1v) is 27.1. The molecule has 5 amide bonds. The smallest absolute Gasteiger partial charge is 0.239 e. The summed E-state index contributed by atoms with van der Waals surface area (Å²) in [6.45, 7) is 11.5. The van der Waals surface area contributed by atoms with Crippen LogP contribution in [0.25, 0.3) is 5.00 Å². The average molecular weight is 1070 g/mol. The molecule has 3 aliphatic heterocycles. The normalized spacial score (nSPS) is 21.6. The van der Waals surface area contributed by atoms with Crippen molar-refractivity contribution in [1.82, 2.24) is 55.5 Å². The van der Waals surface area contributed by atoms with E-state index >= 15 is 0 Å². The summed E-state index contributed by atoms with van der Waals surface area (Å²) < 4.78 is 10.3. The molecule has 2 aromatic carbocycles. The summed E-state index contributed by atoms with van der Waals surface area (Å²) in [4.78, 5) is 78.6. The van der Waals surface area contributed by atoms with Gasteiger partial charge in [0.1, 0.15) is 34.9 Å². The van der Waals surface area contributed by atoms with E-state index < -0.39 is 23.4 Å². The monoisotopic (exact) mass is 1060 g/mol. The van der Waals surface area contributed by atoms with Gasteiger partial charge < -0.3 is 30.5 Å². The van der Waals surface area contributed by atoms with Gasteiger partial charge in [0.2, 0.25) is 29.5 Å². The van der Waals surface area contributed by atoms with Crippen molar-refractivity contribution in [2.45, 2.75) is 118 Å². The van der Waals surface area contributed by atoms with Crippen molar-refractivity contribution < 1.29 is 28.7 Å². The number of aryl methyl sites for hydroxylation is 2. The number of aromatic nitrogens is 6. The standard InChI is InChI=1S/C53H62Cl2N12O6S/c1-29-31(3)74-50-45(29)47(33-10-12-34(54)13-11-33)59-38(48-62-60-32(4)67(48)50)23-42(68)58-25-43(69)57-20-22-66-30(2)39(61-63-66)27-73-41-15-14-37(55)35-16-21-65(49(71)36-9-7-8-17-52(36,5)51(72)56-6)40(46(35)41)26-64-28-53(18-19-53)24-44(64)70/h10-15,36,38,40H,7-9,16-28H2,1-6H3,(H,56,72)(H,57,69)(H,58,68)/t36-,38-,40+,52-/m0/s1. The number of benzene rings is 2. The Labute approximate surface area is 444 Å². The lowest BCUT2D eigenvalue weighted by Gasteiger charge is -2.46. The van der Waals surface area contributed by atoms with E-state index in [0.717, 1.165) is 74.8 Å². The lowest BCUT2D eigenvalue weighted by atomic mass is 9.66. The minimum absolute atomic E-state index is 0.0222. The molecule has 5 aromatic rings. The van der Waals surface area contributed by atoms with Gasteiger partial charge in [-0.15, -0.1) is 26.6 Å². The van der Waals surface area contributed by atoms with Crippen LogP contribution < -0.4 is 20.7 Å². The van der Waals surface area contributed by atoms with Gasteiger partial charge in [-0.25, -0.2) is 4.68 Å². The van der Waals surface area contributed by atoms with E-state index in [1.807, 2.05) is 71.5 Å². The number of ether oxygens (including phenoxy) is 1. The molecule has 0 radical (unpaired) electrons. The molecule has 1 spiro atoms. The van der Waals surface area contributed by atoms with E-state index in [4.69, 9.17) is 32.9 Å². The van der Waals surface area contributed by atoms with Crippen molar-refractivity contribution in [3.8, 4) is 10.8 Å². The number of likely N-dealkylation sites (tertiary alicyclic amines) is 1. The highest BCUT2D eigenvalue weighted by atomic mass is 35.5. The molecule has 18 nitrogen and oxygen atoms in total. The van der Waals surface area contributed by atoms with Gasteiger partial charge in [0, 0.05) is 71.3 Å². The van der Waals surface area contributed by atoms with Gasteiger partial charge in [0.15, 0.2) is 5.82 Å². The van der Waals surface area contributed by atoms with Crippen molar-refractivity contribution in [3.05, 3.63) is 102 Å². The molecule has 3 N–H and O–H groups in total. The molecule has 6 heterocycles. The molecule has 3 aromatic heterocycles. The van der Waals surface area contributed by atoms with Crippen LogP contribution in [0.1, 0.15) is 126 Å². The zero-order valence-corrected chi connectivity index (χ0v) is 45.0. The Hall–Kier alpha value is -6.18. The number of nitrogens with zero attached hydrogens (tertiary/aromatic N) is 9. The quantitative estimate of drug-likeness (QED) is 0.102. The maximum atomic E-state index is 14.9. The van der Waals surface area contributed by atoms with Gasteiger partial charge in [-0.3, -0.25) is 33.5 Å². The molecule has 390 valence electrons. The molecule has 4 atom stereocenters. The topological polar surface area (TPSA) is 211 Å². The van der Waals surface area contributed by atoms with Crippen LogP contribution in [0.5, 0.6) is 5.75 Å². The van der Waals surface area contributed by atoms with Crippen LogP contribution in [0.3, 0.4) is 0 Å². The maximum Gasteiger partial charge on any atom is 0.239 e. The zero-order valence-electron chi connectivity index (χ0n) is 42.6. The molecular weight excluding hydrogens is 1000 g/mol. The fourth-order valence-electron chi connectivity index (χ4n) is 11.5. The highest BCUT2D eigenvalue weighted by molar-refractivity contribution is 7.15. The second-order valence-electron chi connectivity index (χ2n) is 20.8. The van der Waals surface area contributed by atoms with Crippen LogP contribution in [0, 0.1) is 44.4 Å². The van der Waals surface area contributed by atoms with Gasteiger partial charge in [0.25, 0.3) is 0 Å². The second kappa shape index (κ2) is 20.5. The predicted molar refractivity (Wildman–Crippen MR) is 280 cm³/mol. The Morgan fingerprint density at radius 1 is 0.946 bits per heavy atom. The maximum absolute atomic E-state index is 14.9. The lowest BCUT2D eigenvalue weighted by molar-refractivity contribution is -0.153. The Kier molecular flexibility index (Phi) is 14.2. The minimum atomic E-state index is -0.861. The molecule has 1 saturated heterocycles. The number of aliphatic imine (C=N–C) groups is 1. The summed E-state index contributed by atoms with van der Waals surface area (Å²) >= 11 is 14.8. The molecule has 21 heteroatoms. The Morgan fingerprint density at radius 2 is 1.73 bits per heavy atom. The summed E-state index contributed by atoms with van der Waals surface area (Å²) in [5.74, 6) is 0.353. The fourth-order valence-corrected chi connectivity index (χ4v) is 13.1. The van der Waals surface area contributed by atoms with E-state index in [0.29, 0.717) is 85.0 Å². The van der Waals surface area contributed by atoms with Gasteiger partial charge in [-0.05, 0) is 108 Å². The second-order valence-corrected chi connectivity index (χ2v) is 22.9. The van der Waals surface area contributed by atoms with Crippen molar-refractivity contribution in [2.24, 2.45) is 21.7 Å². The van der Waals surface area contributed by atoms with Crippen LogP contribution in [0.15, 0.2) is 41.4 Å². The summed E-state index contributed by atoms with van der Waals surface area (Å²) in [6.07, 6.45) is 5.91. The first kappa shape index (κ1) is 51.3. The van der Waals surface area contributed by atoms with Crippen LogP contribution in [-0.2, 0) is 43.5 Å². The molecule has 0 bridgehead atoms. The molecule has 10 rings (SSSR count). The van der Waals surface area contributed by atoms with Gasteiger partial charge in [-0.2, -0.15) is 0 Å². The SMILES string of the molecule is CNC(=O)[C@@]1(C)CCCC[C@H]1C(=O)N1CCc2c(Cl)ccc(OCc3nnn(CCNC(=O)CNC(=O)C[C@@H]4N=C(c5ccc(Cl)cc5)c5c(sc(C)c5C)-n5c(C)nnc54)c3C)c2[C@H]1CN1CC2(CC2)CC1=O. The average Bonchev–Trinajstić information content (AvgIpc) is 3.59. The number of hydrogen-bond acceptors (Lipinski definition) is 12. The first-order chi connectivity index (χ1) is 35.5. The van der Waals surface area contributed by atoms with Crippen LogP contribution in [-0.4, -0.2) is 115 Å². The number of carbonyl (C=O) groups excluding carboxylic acids is 5. The molecule has 5 aliphatic rings. The third-order valence-corrected chi connectivity index (χ3v) is 17.9. The van der Waals surface area contributed by atoms with E-state index in [9.17, 15) is 24.0 Å². The fraction of sp³-hybridized carbons (Fsp3) is 0.509. The number of halogens is 2. The van der Waals surface area contributed by atoms with Crippen LogP contribution >= 0.6 is 34.5 Å². The summed E-state index contributed by atoms with van der Waals surface area (Å²) in [6, 6.07) is 9.86. The Morgan fingerprint density at radius 3 is 2.47 bits per heavy atom. The molecule has 74 heavy (non-hydrogen) atoms. The van der Waals surface area contributed by atoms with E-state index in [-0.39, 0.29) is 61.1 Å².